The summed E-state index contributed by atoms with van der Waals surface area (Å²) in [7, 11) is 0. The molecule has 0 aromatic rings. The van der Waals surface area contributed by atoms with Crippen LogP contribution < -0.4 is 0 Å². The molecule has 0 atom stereocenters. The van der Waals surface area contributed by atoms with Crippen LogP contribution in [0.2, 0.25) is 0 Å². The standard InChI is InChI=1S/2C3H8.H2S/c2*1-3-2;/h2*3H2,1-2H3;1H2. The molecule has 0 rings (SSSR count). The lowest BCUT2D eigenvalue weighted by Gasteiger charge is -1.48. The lowest BCUT2D eigenvalue weighted by atomic mass is 10.6. The third kappa shape index (κ3) is 981. The van der Waals surface area contributed by atoms with E-state index in [4.69, 9.17) is 0 Å². The van der Waals surface area contributed by atoms with E-state index in [1.165, 1.54) is 12.8 Å². The summed E-state index contributed by atoms with van der Waals surface area (Å²) in [5.74, 6) is 0. The van der Waals surface area contributed by atoms with Gasteiger partial charge >= 0.3 is 0 Å². The smallest absolute Gasteiger partial charge is 0.0590 e. The predicted molar refractivity (Wildman–Crippen MR) is 42.3 cm³/mol. The first-order valence-corrected chi connectivity index (χ1v) is 2.83. The van der Waals surface area contributed by atoms with Gasteiger partial charge in [0.2, 0.25) is 0 Å². The lowest BCUT2D eigenvalue weighted by molar-refractivity contribution is 1.09. The van der Waals surface area contributed by atoms with Gasteiger partial charge in [0.1, 0.15) is 0 Å². The Morgan fingerprint density at radius 3 is 0.714 bits per heavy atom. The maximum absolute atomic E-state index is 2.12. The van der Waals surface area contributed by atoms with Gasteiger partial charge in [-0.1, -0.05) is 40.5 Å². The maximum Gasteiger partial charge on any atom is -0.0590 e. The monoisotopic (exact) mass is 122 g/mol. The summed E-state index contributed by atoms with van der Waals surface area (Å²) in [4.78, 5) is 0. The second kappa shape index (κ2) is 32.9. The average Bonchev–Trinajstić information content (AvgIpc) is 1.39. The minimum absolute atomic E-state index is 0. The van der Waals surface area contributed by atoms with E-state index >= 15 is 0 Å². The zero-order valence-electron chi connectivity index (χ0n) is 5.91. The van der Waals surface area contributed by atoms with Crippen LogP contribution >= 0.6 is 13.5 Å². The van der Waals surface area contributed by atoms with Gasteiger partial charge in [-0.3, -0.25) is 0 Å². The van der Waals surface area contributed by atoms with Crippen molar-refractivity contribution in [2.45, 2.75) is 40.5 Å². The maximum atomic E-state index is 2.12. The first-order chi connectivity index (χ1) is 2.83. The summed E-state index contributed by atoms with van der Waals surface area (Å²) in [5, 5.41) is 0. The van der Waals surface area contributed by atoms with Crippen molar-refractivity contribution >= 4 is 13.5 Å². The minimum atomic E-state index is 0. The van der Waals surface area contributed by atoms with Crippen molar-refractivity contribution in [3.63, 3.8) is 0 Å². The van der Waals surface area contributed by atoms with E-state index in [-0.39, 0.29) is 13.5 Å². The van der Waals surface area contributed by atoms with Crippen LogP contribution in [0.5, 0.6) is 0 Å². The average molecular weight is 122 g/mol. The number of hydrogen-bond donors (Lipinski definition) is 0. The predicted octanol–water partition coefficient (Wildman–Crippen LogP) is 2.95. The quantitative estimate of drug-likeness (QED) is 0.463. The number of hydrogen-bond acceptors (Lipinski definition) is 0. The molecule has 0 N–H and O–H groups in total. The molecule has 0 nitrogen and oxygen atoms in total. The summed E-state index contributed by atoms with van der Waals surface area (Å²) in [6.07, 6.45) is 2.50. The third-order valence-corrected chi connectivity index (χ3v) is 0. The lowest BCUT2D eigenvalue weighted by Crippen LogP contribution is -1.27. The van der Waals surface area contributed by atoms with Crippen LogP contribution in [-0.4, -0.2) is 0 Å². The Bertz CT molecular complexity index is 6.14. The SMILES string of the molecule is CCC.CCC.S. The molecule has 0 amide bonds. The molecule has 1 heteroatoms. The molecule has 7 heavy (non-hydrogen) atoms. The second-order valence-corrected chi connectivity index (χ2v) is 1.41. The van der Waals surface area contributed by atoms with Crippen molar-refractivity contribution in [2.24, 2.45) is 0 Å². The molecule has 0 unspecified atom stereocenters. The Balaban J connectivity index is -0.0000000400. The molecule has 0 aromatic heterocycles. The molecule has 0 aliphatic heterocycles. The highest BCUT2D eigenvalue weighted by Gasteiger charge is 1.36. The van der Waals surface area contributed by atoms with Crippen molar-refractivity contribution < 1.29 is 0 Å². The third-order valence-electron chi connectivity index (χ3n) is 0. The normalized spacial score (nSPS) is 5.14. The van der Waals surface area contributed by atoms with Gasteiger partial charge in [0.15, 0.2) is 0 Å². The van der Waals surface area contributed by atoms with Crippen LogP contribution in [-0.2, 0) is 0 Å². The second-order valence-electron chi connectivity index (χ2n) is 1.41. The first-order valence-electron chi connectivity index (χ1n) is 2.83. The molecular formula is C6H18S. The summed E-state index contributed by atoms with van der Waals surface area (Å²) in [5.41, 5.74) is 0. The van der Waals surface area contributed by atoms with Gasteiger partial charge in [-0.25, -0.2) is 0 Å². The molecule has 0 bridgehead atoms. The fourth-order valence-electron chi connectivity index (χ4n) is 0. The van der Waals surface area contributed by atoms with Crippen molar-refractivity contribution in [1.29, 1.82) is 0 Å². The molecule has 0 saturated heterocycles. The van der Waals surface area contributed by atoms with Gasteiger partial charge in [-0.05, 0) is 0 Å². The summed E-state index contributed by atoms with van der Waals surface area (Å²) >= 11 is 0. The van der Waals surface area contributed by atoms with Gasteiger partial charge in [0.05, 0.1) is 0 Å². The van der Waals surface area contributed by atoms with Crippen molar-refractivity contribution in [2.75, 3.05) is 0 Å². The van der Waals surface area contributed by atoms with E-state index in [9.17, 15) is 0 Å². The molecule has 0 spiro atoms. The Morgan fingerprint density at radius 1 is 0.714 bits per heavy atom. The molecule has 0 aromatic carbocycles. The Kier molecular flexibility index (Phi) is 73.6. The summed E-state index contributed by atoms with van der Waals surface area (Å²) < 4.78 is 0. The molecule has 0 aliphatic rings. The van der Waals surface area contributed by atoms with Crippen LogP contribution in [0, 0.1) is 0 Å². The molecule has 48 valence electrons. The highest BCUT2D eigenvalue weighted by molar-refractivity contribution is 7.59. The van der Waals surface area contributed by atoms with Gasteiger partial charge < -0.3 is 0 Å². The molecule has 0 heterocycles. The van der Waals surface area contributed by atoms with E-state index in [2.05, 4.69) is 27.7 Å². The molecule has 0 radical (unpaired) electrons. The van der Waals surface area contributed by atoms with E-state index < -0.39 is 0 Å². The van der Waals surface area contributed by atoms with E-state index in [1.807, 2.05) is 0 Å². The van der Waals surface area contributed by atoms with Crippen LogP contribution in [0.3, 0.4) is 0 Å². The molecule has 0 fully saturated rings. The summed E-state index contributed by atoms with van der Waals surface area (Å²) in [6.45, 7) is 8.50. The largest absolute Gasteiger partial charge is 0.197 e. The van der Waals surface area contributed by atoms with Gasteiger partial charge in [-0.2, -0.15) is 13.5 Å². The van der Waals surface area contributed by atoms with Gasteiger partial charge in [0, 0.05) is 0 Å². The molecule has 0 aliphatic carbocycles. The fourth-order valence-corrected chi connectivity index (χ4v) is 0. The van der Waals surface area contributed by atoms with Crippen LogP contribution in [0.25, 0.3) is 0 Å². The van der Waals surface area contributed by atoms with E-state index in [0.717, 1.165) is 0 Å². The first kappa shape index (κ1) is 15.7. The van der Waals surface area contributed by atoms with E-state index in [1.54, 1.807) is 0 Å². The highest BCUT2D eigenvalue weighted by atomic mass is 32.1. The Labute approximate surface area is 54.8 Å². The van der Waals surface area contributed by atoms with Crippen molar-refractivity contribution in [3.8, 4) is 0 Å². The van der Waals surface area contributed by atoms with Crippen molar-refractivity contribution in [3.05, 3.63) is 0 Å². The van der Waals surface area contributed by atoms with E-state index in [0.29, 0.717) is 0 Å². The minimum Gasteiger partial charge on any atom is -0.197 e. The van der Waals surface area contributed by atoms with Gasteiger partial charge in [0.25, 0.3) is 0 Å². The zero-order valence-corrected chi connectivity index (χ0v) is 6.91. The Hall–Kier alpha value is 0.350. The van der Waals surface area contributed by atoms with Gasteiger partial charge in [-0.15, -0.1) is 0 Å². The van der Waals surface area contributed by atoms with Crippen LogP contribution in [0.1, 0.15) is 40.5 Å². The topological polar surface area (TPSA) is 0 Å². The van der Waals surface area contributed by atoms with Crippen LogP contribution in [0.15, 0.2) is 0 Å². The zero-order chi connectivity index (χ0) is 5.41. The molecule has 0 saturated carbocycles. The molecular weight excluding hydrogens is 104 g/mol. The summed E-state index contributed by atoms with van der Waals surface area (Å²) in [6, 6.07) is 0. The highest BCUT2D eigenvalue weighted by Crippen LogP contribution is 1.56. The van der Waals surface area contributed by atoms with Crippen LogP contribution in [0.4, 0.5) is 0 Å². The fraction of sp³-hybridized carbons (Fsp3) is 1.00. The Morgan fingerprint density at radius 2 is 0.714 bits per heavy atom. The number of rotatable bonds is 0. The van der Waals surface area contributed by atoms with Crippen molar-refractivity contribution in [1.82, 2.24) is 0 Å².